The van der Waals surface area contributed by atoms with Crippen LogP contribution in [0.5, 0.6) is 0 Å². The second-order valence-electron chi connectivity index (χ2n) is 4.61. The molecular weight excluding hydrogens is 226 g/mol. The Kier molecular flexibility index (Phi) is 9.08. The average Bonchev–Trinajstić information content (AvgIpc) is 2.81. The van der Waals surface area contributed by atoms with Gasteiger partial charge in [0.05, 0.1) is 12.6 Å². The van der Waals surface area contributed by atoms with Crippen molar-refractivity contribution in [1.29, 1.82) is 0 Å². The van der Waals surface area contributed by atoms with Crippen LogP contribution in [0.15, 0.2) is 0 Å². The van der Waals surface area contributed by atoms with E-state index in [1.54, 1.807) is 6.92 Å². The molecule has 2 rings (SSSR count). The number of hydrogen-bond donors (Lipinski definition) is 1. The lowest BCUT2D eigenvalue weighted by molar-refractivity contribution is -0.133. The molecule has 3 atom stereocenters. The molecule has 2 aliphatic rings. The van der Waals surface area contributed by atoms with Gasteiger partial charge in [-0.25, -0.2) is 0 Å². The number of likely N-dealkylation sites (tertiary alicyclic amines) is 1. The van der Waals surface area contributed by atoms with Gasteiger partial charge in [0, 0.05) is 13.0 Å². The van der Waals surface area contributed by atoms with Crippen LogP contribution in [0.3, 0.4) is 0 Å². The minimum absolute atomic E-state index is 0.0978. The molecular formula is C15H31NO2. The zero-order chi connectivity index (χ0) is 14.1. The standard InChI is InChI=1S/C11H19NO2.2C2H6/c1-8(14)12-10(7-13)6-9-4-2-3-5-11(9)12;2*1-2/h9-11,13H,2-7H2,1H3;2*1-2H3. The molecule has 0 aromatic rings. The van der Waals surface area contributed by atoms with E-state index in [9.17, 15) is 9.90 Å². The highest BCUT2D eigenvalue weighted by molar-refractivity contribution is 5.74. The maximum Gasteiger partial charge on any atom is 0.220 e. The number of rotatable bonds is 1. The highest BCUT2D eigenvalue weighted by Crippen LogP contribution is 2.39. The molecule has 0 spiro atoms. The van der Waals surface area contributed by atoms with Gasteiger partial charge in [0.25, 0.3) is 0 Å². The van der Waals surface area contributed by atoms with Crippen LogP contribution in [0.2, 0.25) is 0 Å². The molecule has 1 heterocycles. The molecule has 1 saturated heterocycles. The van der Waals surface area contributed by atoms with Gasteiger partial charge < -0.3 is 10.0 Å². The molecule has 18 heavy (non-hydrogen) atoms. The summed E-state index contributed by atoms with van der Waals surface area (Å²) in [6.45, 7) is 9.76. The van der Waals surface area contributed by atoms with Crippen molar-refractivity contribution in [1.82, 2.24) is 4.90 Å². The molecule has 0 aromatic heterocycles. The van der Waals surface area contributed by atoms with Gasteiger partial charge >= 0.3 is 0 Å². The predicted molar refractivity (Wildman–Crippen MR) is 76.5 cm³/mol. The van der Waals surface area contributed by atoms with Crippen LogP contribution in [-0.2, 0) is 4.79 Å². The average molecular weight is 257 g/mol. The molecule has 3 unspecified atom stereocenters. The van der Waals surface area contributed by atoms with Gasteiger partial charge in [-0.05, 0) is 25.2 Å². The second-order valence-corrected chi connectivity index (χ2v) is 4.61. The lowest BCUT2D eigenvalue weighted by Crippen LogP contribution is -2.43. The van der Waals surface area contributed by atoms with Gasteiger partial charge in [0.1, 0.15) is 0 Å². The van der Waals surface area contributed by atoms with E-state index < -0.39 is 0 Å². The lowest BCUT2D eigenvalue weighted by Gasteiger charge is -2.32. The SMILES string of the molecule is CC.CC.CC(=O)N1C(CO)CC2CCCCC21. The number of amides is 1. The van der Waals surface area contributed by atoms with Gasteiger partial charge in [-0.3, -0.25) is 4.79 Å². The summed E-state index contributed by atoms with van der Waals surface area (Å²) in [4.78, 5) is 13.4. The molecule has 108 valence electrons. The smallest absolute Gasteiger partial charge is 0.220 e. The molecule has 0 bridgehead atoms. The number of hydrogen-bond acceptors (Lipinski definition) is 2. The molecule has 1 amide bonds. The fourth-order valence-corrected chi connectivity index (χ4v) is 3.22. The van der Waals surface area contributed by atoms with Gasteiger partial charge in [-0.1, -0.05) is 40.5 Å². The summed E-state index contributed by atoms with van der Waals surface area (Å²) in [5.41, 5.74) is 0. The molecule has 0 radical (unpaired) electrons. The van der Waals surface area contributed by atoms with E-state index >= 15 is 0 Å². The van der Waals surface area contributed by atoms with Crippen LogP contribution in [0.1, 0.15) is 66.7 Å². The second kappa shape index (κ2) is 9.37. The number of carbonyl (C=O) groups excluding carboxylic acids is 1. The van der Waals surface area contributed by atoms with E-state index in [-0.39, 0.29) is 18.6 Å². The molecule has 1 aliphatic carbocycles. The van der Waals surface area contributed by atoms with Crippen molar-refractivity contribution in [3.63, 3.8) is 0 Å². The highest BCUT2D eigenvalue weighted by atomic mass is 16.3. The maximum atomic E-state index is 11.5. The van der Waals surface area contributed by atoms with E-state index in [0.29, 0.717) is 12.0 Å². The molecule has 2 fully saturated rings. The van der Waals surface area contributed by atoms with Crippen molar-refractivity contribution in [2.24, 2.45) is 5.92 Å². The summed E-state index contributed by atoms with van der Waals surface area (Å²) in [6.07, 6.45) is 5.93. The minimum atomic E-state index is 0.0978. The van der Waals surface area contributed by atoms with Crippen molar-refractivity contribution in [3.05, 3.63) is 0 Å². The number of nitrogens with zero attached hydrogens (tertiary/aromatic N) is 1. The van der Waals surface area contributed by atoms with E-state index in [1.807, 2.05) is 32.6 Å². The van der Waals surface area contributed by atoms with Gasteiger partial charge in [-0.2, -0.15) is 0 Å². The first-order valence-electron chi connectivity index (χ1n) is 7.63. The minimum Gasteiger partial charge on any atom is -0.394 e. The summed E-state index contributed by atoms with van der Waals surface area (Å²) < 4.78 is 0. The quantitative estimate of drug-likeness (QED) is 0.783. The fraction of sp³-hybridized carbons (Fsp3) is 0.933. The fourth-order valence-electron chi connectivity index (χ4n) is 3.22. The van der Waals surface area contributed by atoms with E-state index in [2.05, 4.69) is 0 Å². The Bertz CT molecular complexity index is 231. The van der Waals surface area contributed by atoms with E-state index in [0.717, 1.165) is 12.8 Å². The normalized spacial score (nSPS) is 29.4. The van der Waals surface area contributed by atoms with Gasteiger partial charge in [0.15, 0.2) is 0 Å². The van der Waals surface area contributed by atoms with Crippen molar-refractivity contribution in [2.45, 2.75) is 78.8 Å². The topological polar surface area (TPSA) is 40.5 Å². The number of aliphatic hydroxyl groups is 1. The summed E-state index contributed by atoms with van der Waals surface area (Å²) >= 11 is 0. The van der Waals surface area contributed by atoms with Gasteiger partial charge in [0.2, 0.25) is 5.91 Å². The van der Waals surface area contributed by atoms with Crippen LogP contribution in [0.4, 0.5) is 0 Å². The Morgan fingerprint density at radius 1 is 1.17 bits per heavy atom. The Balaban J connectivity index is 0.000000659. The molecule has 3 nitrogen and oxygen atoms in total. The summed E-state index contributed by atoms with van der Waals surface area (Å²) in [5, 5.41) is 9.24. The van der Waals surface area contributed by atoms with Crippen molar-refractivity contribution in [2.75, 3.05) is 6.61 Å². The van der Waals surface area contributed by atoms with Crippen LogP contribution < -0.4 is 0 Å². The predicted octanol–water partition coefficient (Wildman–Crippen LogP) is 3.21. The summed E-state index contributed by atoms with van der Waals surface area (Å²) in [6, 6.07) is 0.527. The van der Waals surface area contributed by atoms with E-state index in [4.69, 9.17) is 0 Å². The molecule has 1 N–H and O–H groups in total. The lowest BCUT2D eigenvalue weighted by atomic mass is 9.85. The molecule has 1 aliphatic heterocycles. The molecule has 1 saturated carbocycles. The molecule has 3 heteroatoms. The largest absolute Gasteiger partial charge is 0.394 e. The number of fused-ring (bicyclic) bond motifs is 1. The summed E-state index contributed by atoms with van der Waals surface area (Å²) in [5.74, 6) is 0.795. The molecule has 0 aromatic carbocycles. The Hall–Kier alpha value is -0.570. The van der Waals surface area contributed by atoms with E-state index in [1.165, 1.54) is 19.3 Å². The Labute approximate surface area is 113 Å². The van der Waals surface area contributed by atoms with Gasteiger partial charge in [-0.15, -0.1) is 0 Å². The van der Waals surface area contributed by atoms with Crippen molar-refractivity contribution < 1.29 is 9.90 Å². The zero-order valence-corrected chi connectivity index (χ0v) is 12.8. The number of aliphatic hydroxyl groups excluding tert-OH is 1. The third kappa shape index (κ3) is 3.98. The maximum absolute atomic E-state index is 11.5. The first-order valence-corrected chi connectivity index (χ1v) is 7.63. The Morgan fingerprint density at radius 2 is 1.72 bits per heavy atom. The first-order chi connectivity index (χ1) is 8.74. The Morgan fingerprint density at radius 3 is 2.22 bits per heavy atom. The van der Waals surface area contributed by atoms with Crippen molar-refractivity contribution >= 4 is 5.91 Å². The van der Waals surface area contributed by atoms with Crippen molar-refractivity contribution in [3.8, 4) is 0 Å². The highest BCUT2D eigenvalue weighted by Gasteiger charge is 2.42. The zero-order valence-electron chi connectivity index (χ0n) is 12.8. The van der Waals surface area contributed by atoms with Crippen LogP contribution in [-0.4, -0.2) is 34.6 Å². The first kappa shape index (κ1) is 17.4. The monoisotopic (exact) mass is 257 g/mol. The third-order valence-corrected chi connectivity index (χ3v) is 3.77. The van der Waals surface area contributed by atoms with Crippen LogP contribution in [0, 0.1) is 5.92 Å². The number of carbonyl (C=O) groups is 1. The van der Waals surface area contributed by atoms with Crippen LogP contribution in [0.25, 0.3) is 0 Å². The third-order valence-electron chi connectivity index (χ3n) is 3.77. The summed E-state index contributed by atoms with van der Waals surface area (Å²) in [7, 11) is 0. The van der Waals surface area contributed by atoms with Crippen LogP contribution >= 0.6 is 0 Å².